The molecule has 8 nitrogen and oxygen atoms in total. The number of halogens is 2. The molecule has 6 rings (SSSR count). The molecule has 0 amide bonds. The topological polar surface area (TPSA) is 92.3 Å². The molecule has 0 N–H and O–H groups in total. The monoisotopic (exact) mass is 582 g/mol. The molecule has 0 atom stereocenters. The lowest BCUT2D eigenvalue weighted by Crippen LogP contribution is -2.06. The van der Waals surface area contributed by atoms with E-state index in [4.69, 9.17) is 30.5 Å². The number of rotatable bonds is 9. The molecule has 0 unspecified atom stereocenters. The highest BCUT2D eigenvalue weighted by Crippen LogP contribution is 2.30. The number of esters is 1. The van der Waals surface area contributed by atoms with Gasteiger partial charge in [-0.3, -0.25) is 0 Å². The van der Waals surface area contributed by atoms with Crippen LogP contribution in [0.3, 0.4) is 0 Å². The number of hydrogen-bond donors (Lipinski definition) is 0. The molecule has 10 heteroatoms. The van der Waals surface area contributed by atoms with Crippen LogP contribution in [0.15, 0.2) is 96.0 Å². The van der Waals surface area contributed by atoms with Gasteiger partial charge in [0, 0.05) is 28.8 Å². The molecule has 0 saturated heterocycles. The smallest absolute Gasteiger partial charge is 0.337 e. The normalized spacial score (nSPS) is 11.1. The molecule has 3 aromatic carbocycles. The second-order valence-corrected chi connectivity index (χ2v) is 9.97. The molecule has 0 saturated carbocycles. The maximum absolute atomic E-state index is 14.3. The Hall–Kier alpha value is -5.02. The number of hydrogen-bond acceptors (Lipinski definition) is 7. The number of pyridine rings is 1. The van der Waals surface area contributed by atoms with E-state index in [-0.39, 0.29) is 6.61 Å². The van der Waals surface area contributed by atoms with Gasteiger partial charge in [0.25, 0.3) is 0 Å². The standard InChI is InChI=1S/C32H24ClFN4O4/c1-40-32(39)22-9-11-28-29(14-22)38(17-25-16-35-19-42-25)30(37-28)13-20-4-6-21(7-5-20)26-3-2-12-36-31(26)41-18-23-8-10-24(33)15-27(23)34/h2-12,14-16,19H,13,17-18H2,1H3. The van der Waals surface area contributed by atoms with Crippen molar-refractivity contribution in [2.45, 2.75) is 19.6 Å². The molecule has 6 aromatic rings. The molecule has 3 heterocycles. The SMILES string of the molecule is COC(=O)c1ccc2nc(Cc3ccc(-c4cccnc4OCc4ccc(Cl)cc4F)cc3)n(Cc3cnco3)c2c1. The molecule has 0 fully saturated rings. The number of nitrogens with zero attached hydrogens (tertiary/aromatic N) is 4. The van der Waals surface area contributed by atoms with E-state index in [2.05, 4.69) is 9.97 Å². The van der Waals surface area contributed by atoms with Crippen LogP contribution in [0.1, 0.15) is 33.1 Å². The summed E-state index contributed by atoms with van der Waals surface area (Å²) in [6.45, 7) is 0.420. The van der Waals surface area contributed by atoms with Crippen molar-refractivity contribution in [1.29, 1.82) is 0 Å². The van der Waals surface area contributed by atoms with Crippen molar-refractivity contribution in [1.82, 2.24) is 19.5 Å². The van der Waals surface area contributed by atoms with E-state index in [1.54, 1.807) is 36.7 Å². The summed E-state index contributed by atoms with van der Waals surface area (Å²) in [5.41, 5.74) is 5.07. The summed E-state index contributed by atoms with van der Waals surface area (Å²) in [6, 6.07) is 21.5. The third-order valence-corrected chi connectivity index (χ3v) is 7.06. The molecule has 0 radical (unpaired) electrons. The maximum Gasteiger partial charge on any atom is 0.337 e. The quantitative estimate of drug-likeness (QED) is 0.171. The Labute approximate surface area is 245 Å². The van der Waals surface area contributed by atoms with Crippen LogP contribution < -0.4 is 4.74 Å². The zero-order valence-electron chi connectivity index (χ0n) is 22.5. The average molecular weight is 583 g/mol. The van der Waals surface area contributed by atoms with Crippen LogP contribution in [-0.4, -0.2) is 32.6 Å². The summed E-state index contributed by atoms with van der Waals surface area (Å²) in [7, 11) is 1.35. The van der Waals surface area contributed by atoms with Crippen LogP contribution in [0.4, 0.5) is 4.39 Å². The van der Waals surface area contributed by atoms with Gasteiger partial charge >= 0.3 is 5.97 Å². The zero-order chi connectivity index (χ0) is 29.1. The van der Waals surface area contributed by atoms with E-state index in [1.807, 2.05) is 47.0 Å². The molecular weight excluding hydrogens is 559 g/mol. The number of fused-ring (bicyclic) bond motifs is 1. The minimum atomic E-state index is -0.430. The van der Waals surface area contributed by atoms with E-state index < -0.39 is 11.8 Å². The molecule has 0 spiro atoms. The van der Waals surface area contributed by atoms with Crippen molar-refractivity contribution in [3.8, 4) is 17.0 Å². The van der Waals surface area contributed by atoms with Crippen molar-refractivity contribution in [2.75, 3.05) is 7.11 Å². The molecule has 210 valence electrons. The molecule has 0 aliphatic heterocycles. The van der Waals surface area contributed by atoms with Crippen LogP contribution in [0.5, 0.6) is 5.88 Å². The first-order valence-corrected chi connectivity index (χ1v) is 13.4. The molecule has 3 aromatic heterocycles. The Morgan fingerprint density at radius 3 is 2.69 bits per heavy atom. The third kappa shape index (κ3) is 5.73. The Morgan fingerprint density at radius 1 is 1.07 bits per heavy atom. The summed E-state index contributed by atoms with van der Waals surface area (Å²) >= 11 is 5.87. The first-order chi connectivity index (χ1) is 20.5. The van der Waals surface area contributed by atoms with Gasteiger partial charge in [-0.15, -0.1) is 0 Å². The number of carbonyl (C=O) groups excluding carboxylic acids is 1. The average Bonchev–Trinajstić information content (AvgIpc) is 3.65. The van der Waals surface area contributed by atoms with E-state index in [9.17, 15) is 9.18 Å². The lowest BCUT2D eigenvalue weighted by molar-refractivity contribution is 0.0601. The summed E-state index contributed by atoms with van der Waals surface area (Å²) < 4.78 is 32.6. The lowest BCUT2D eigenvalue weighted by Gasteiger charge is -2.12. The van der Waals surface area contributed by atoms with Gasteiger partial charge < -0.3 is 18.5 Å². The molecule has 0 aliphatic carbocycles. The first-order valence-electron chi connectivity index (χ1n) is 13.0. The molecule has 0 aliphatic rings. The number of aromatic nitrogens is 4. The Balaban J connectivity index is 1.26. The Morgan fingerprint density at radius 2 is 1.93 bits per heavy atom. The summed E-state index contributed by atoms with van der Waals surface area (Å²) in [6.07, 6.45) is 5.21. The fourth-order valence-electron chi connectivity index (χ4n) is 4.70. The van der Waals surface area contributed by atoms with Gasteiger partial charge in [0.05, 0.1) is 36.4 Å². The fourth-order valence-corrected chi connectivity index (χ4v) is 4.86. The Kier molecular flexibility index (Phi) is 7.66. The van der Waals surface area contributed by atoms with E-state index in [0.29, 0.717) is 40.8 Å². The number of oxazole rings is 1. The summed E-state index contributed by atoms with van der Waals surface area (Å²) in [5.74, 6) is 1.01. The molecule has 42 heavy (non-hydrogen) atoms. The number of ether oxygens (including phenoxy) is 2. The second-order valence-electron chi connectivity index (χ2n) is 9.53. The highest BCUT2D eigenvalue weighted by Gasteiger charge is 2.17. The maximum atomic E-state index is 14.3. The Bertz CT molecular complexity index is 1870. The minimum absolute atomic E-state index is 0.0181. The van der Waals surface area contributed by atoms with Crippen LogP contribution in [0.2, 0.25) is 5.02 Å². The highest BCUT2D eigenvalue weighted by atomic mass is 35.5. The largest absolute Gasteiger partial charge is 0.472 e. The predicted octanol–water partition coefficient (Wildman–Crippen LogP) is 6.88. The predicted molar refractivity (Wildman–Crippen MR) is 155 cm³/mol. The van der Waals surface area contributed by atoms with Crippen LogP contribution >= 0.6 is 11.6 Å². The van der Waals surface area contributed by atoms with Gasteiger partial charge in [-0.2, -0.15) is 0 Å². The first kappa shape index (κ1) is 27.2. The highest BCUT2D eigenvalue weighted by molar-refractivity contribution is 6.30. The van der Waals surface area contributed by atoms with Crippen LogP contribution in [0, 0.1) is 5.82 Å². The van der Waals surface area contributed by atoms with Gasteiger partial charge in [0.15, 0.2) is 6.39 Å². The van der Waals surface area contributed by atoms with Gasteiger partial charge in [-0.1, -0.05) is 41.9 Å². The minimum Gasteiger partial charge on any atom is -0.472 e. The number of methoxy groups -OCH3 is 1. The fraction of sp³-hybridized carbons (Fsp3) is 0.125. The van der Waals surface area contributed by atoms with Crippen molar-refractivity contribution >= 4 is 28.6 Å². The molecule has 0 bridgehead atoms. The lowest BCUT2D eigenvalue weighted by atomic mass is 10.0. The van der Waals surface area contributed by atoms with Crippen LogP contribution in [-0.2, 0) is 24.3 Å². The number of imidazole rings is 1. The zero-order valence-corrected chi connectivity index (χ0v) is 23.2. The van der Waals surface area contributed by atoms with E-state index >= 15 is 0 Å². The molecular formula is C32H24ClFN4O4. The van der Waals surface area contributed by atoms with Crippen molar-refractivity contribution in [2.24, 2.45) is 0 Å². The van der Waals surface area contributed by atoms with Gasteiger partial charge in [0.1, 0.15) is 24.0 Å². The number of carbonyl (C=O) groups is 1. The van der Waals surface area contributed by atoms with E-state index in [0.717, 1.165) is 33.5 Å². The van der Waals surface area contributed by atoms with Gasteiger partial charge in [-0.25, -0.2) is 24.1 Å². The van der Waals surface area contributed by atoms with E-state index in [1.165, 1.54) is 19.6 Å². The van der Waals surface area contributed by atoms with Crippen LogP contribution in [0.25, 0.3) is 22.2 Å². The number of benzene rings is 3. The van der Waals surface area contributed by atoms with Gasteiger partial charge in [-0.05, 0) is 53.6 Å². The van der Waals surface area contributed by atoms with Gasteiger partial charge in [0.2, 0.25) is 5.88 Å². The summed E-state index contributed by atoms with van der Waals surface area (Å²) in [5, 5.41) is 0.328. The third-order valence-electron chi connectivity index (χ3n) is 6.82. The van der Waals surface area contributed by atoms with Crippen molar-refractivity contribution < 1.29 is 23.1 Å². The van der Waals surface area contributed by atoms with Crippen molar-refractivity contribution in [3.05, 3.63) is 131 Å². The summed E-state index contributed by atoms with van der Waals surface area (Å²) in [4.78, 5) is 25.4. The van der Waals surface area contributed by atoms with Crippen molar-refractivity contribution in [3.63, 3.8) is 0 Å². The second kappa shape index (κ2) is 11.8.